The van der Waals surface area contributed by atoms with Crippen LogP contribution in [0.4, 0.5) is 4.39 Å². The summed E-state index contributed by atoms with van der Waals surface area (Å²) >= 11 is 0. The zero-order valence-corrected chi connectivity index (χ0v) is 17.3. The zero-order valence-electron chi connectivity index (χ0n) is 17.3. The third-order valence-corrected chi connectivity index (χ3v) is 5.61. The number of nitrogens with zero attached hydrogens (tertiary/aromatic N) is 4. The van der Waals surface area contributed by atoms with Crippen LogP contribution in [0.2, 0.25) is 0 Å². The first-order chi connectivity index (χ1) is 14.5. The molecule has 0 aliphatic carbocycles. The molecule has 0 spiro atoms. The fourth-order valence-electron chi connectivity index (χ4n) is 3.85. The summed E-state index contributed by atoms with van der Waals surface area (Å²) < 4.78 is 15.3. The average molecular weight is 408 g/mol. The SMILES string of the molecule is CCn1nc(C(=O)N2CCN(Cc3ccc(C)cc3)CC2)c(=O)c2cc(F)ccc21. The molecule has 1 fully saturated rings. The van der Waals surface area contributed by atoms with E-state index in [1.165, 1.54) is 29.3 Å². The maximum Gasteiger partial charge on any atom is 0.278 e. The minimum absolute atomic E-state index is 0.137. The number of piperazine rings is 1. The molecule has 2 aromatic carbocycles. The Morgan fingerprint density at radius 3 is 2.43 bits per heavy atom. The summed E-state index contributed by atoms with van der Waals surface area (Å²) in [6, 6.07) is 12.5. The predicted molar refractivity (Wildman–Crippen MR) is 114 cm³/mol. The van der Waals surface area contributed by atoms with Gasteiger partial charge in [-0.3, -0.25) is 19.2 Å². The molecular weight excluding hydrogens is 383 g/mol. The molecule has 0 atom stereocenters. The van der Waals surface area contributed by atoms with Crippen LogP contribution in [-0.4, -0.2) is 51.7 Å². The quantitative estimate of drug-likeness (QED) is 0.666. The average Bonchev–Trinajstić information content (AvgIpc) is 2.76. The number of carbonyl (C=O) groups is 1. The highest BCUT2D eigenvalue weighted by Crippen LogP contribution is 2.15. The first kappa shape index (κ1) is 20.2. The Hall–Kier alpha value is -3.06. The second-order valence-corrected chi connectivity index (χ2v) is 7.71. The summed E-state index contributed by atoms with van der Waals surface area (Å²) in [4.78, 5) is 29.9. The molecule has 0 bridgehead atoms. The largest absolute Gasteiger partial charge is 0.335 e. The van der Waals surface area contributed by atoms with Crippen molar-refractivity contribution < 1.29 is 9.18 Å². The molecule has 1 amide bonds. The highest BCUT2D eigenvalue weighted by molar-refractivity contribution is 5.95. The van der Waals surface area contributed by atoms with Gasteiger partial charge in [0.25, 0.3) is 5.91 Å². The molecule has 4 rings (SSSR count). The van der Waals surface area contributed by atoms with Crippen LogP contribution in [0.25, 0.3) is 10.9 Å². The lowest BCUT2D eigenvalue weighted by Crippen LogP contribution is -2.49. The molecule has 0 saturated carbocycles. The van der Waals surface area contributed by atoms with Crippen molar-refractivity contribution in [2.24, 2.45) is 0 Å². The molecule has 0 radical (unpaired) electrons. The maximum atomic E-state index is 13.7. The van der Waals surface area contributed by atoms with Crippen molar-refractivity contribution in [3.63, 3.8) is 0 Å². The van der Waals surface area contributed by atoms with Crippen LogP contribution in [0.1, 0.15) is 28.5 Å². The normalized spacial score (nSPS) is 15.0. The smallest absolute Gasteiger partial charge is 0.278 e. The molecule has 0 unspecified atom stereocenters. The summed E-state index contributed by atoms with van der Waals surface area (Å²) in [5.41, 5.74) is 2.35. The molecule has 30 heavy (non-hydrogen) atoms. The Labute approximate surface area is 174 Å². The first-order valence-electron chi connectivity index (χ1n) is 10.2. The van der Waals surface area contributed by atoms with Crippen molar-refractivity contribution in [2.75, 3.05) is 26.2 Å². The van der Waals surface area contributed by atoms with Crippen LogP contribution in [0.15, 0.2) is 47.3 Å². The standard InChI is InChI=1S/C23H25FN4O2/c1-3-28-20-9-8-18(24)14-19(20)22(29)21(25-28)23(30)27-12-10-26(11-13-27)15-17-6-4-16(2)5-7-17/h4-9,14H,3,10-13,15H2,1-2H3. The number of aromatic nitrogens is 2. The van der Waals surface area contributed by atoms with Gasteiger partial charge in [-0.2, -0.15) is 5.10 Å². The van der Waals surface area contributed by atoms with Crippen LogP contribution in [0.5, 0.6) is 0 Å². The molecule has 1 aliphatic heterocycles. The molecule has 1 saturated heterocycles. The number of fused-ring (bicyclic) bond motifs is 1. The van der Waals surface area contributed by atoms with Gasteiger partial charge in [-0.1, -0.05) is 29.8 Å². The van der Waals surface area contributed by atoms with Crippen LogP contribution in [0.3, 0.4) is 0 Å². The van der Waals surface area contributed by atoms with Gasteiger partial charge >= 0.3 is 0 Å². The van der Waals surface area contributed by atoms with Gasteiger partial charge < -0.3 is 4.90 Å². The third kappa shape index (κ3) is 3.98. The van der Waals surface area contributed by atoms with Gasteiger partial charge in [0.05, 0.1) is 10.9 Å². The lowest BCUT2D eigenvalue weighted by Gasteiger charge is -2.34. The van der Waals surface area contributed by atoms with E-state index in [1.807, 2.05) is 6.92 Å². The van der Waals surface area contributed by atoms with E-state index >= 15 is 0 Å². The fourth-order valence-corrected chi connectivity index (χ4v) is 3.85. The highest BCUT2D eigenvalue weighted by Gasteiger charge is 2.26. The second kappa shape index (κ2) is 8.36. The van der Waals surface area contributed by atoms with Gasteiger partial charge in [-0.15, -0.1) is 0 Å². The minimum atomic E-state index is -0.513. The Balaban J connectivity index is 1.51. The Morgan fingerprint density at radius 1 is 1.07 bits per heavy atom. The monoisotopic (exact) mass is 408 g/mol. The van der Waals surface area contributed by atoms with Crippen molar-refractivity contribution in [2.45, 2.75) is 26.9 Å². The number of hydrogen-bond acceptors (Lipinski definition) is 4. The Kier molecular flexibility index (Phi) is 5.63. The molecule has 1 aliphatic rings. The Bertz CT molecular complexity index is 1130. The molecule has 7 heteroatoms. The van der Waals surface area contributed by atoms with E-state index in [0.29, 0.717) is 25.2 Å². The van der Waals surface area contributed by atoms with E-state index in [1.54, 1.807) is 9.58 Å². The molecular formula is C23H25FN4O2. The highest BCUT2D eigenvalue weighted by atomic mass is 19.1. The van der Waals surface area contributed by atoms with Gasteiger partial charge in [0.1, 0.15) is 5.82 Å². The van der Waals surface area contributed by atoms with Crippen molar-refractivity contribution in [3.8, 4) is 0 Å². The van der Waals surface area contributed by atoms with Crippen molar-refractivity contribution >= 4 is 16.8 Å². The van der Waals surface area contributed by atoms with Crippen molar-refractivity contribution in [1.29, 1.82) is 0 Å². The molecule has 2 heterocycles. The molecule has 3 aromatic rings. The van der Waals surface area contributed by atoms with Crippen LogP contribution >= 0.6 is 0 Å². The van der Waals surface area contributed by atoms with Gasteiger partial charge in [-0.05, 0) is 37.6 Å². The number of hydrogen-bond donors (Lipinski definition) is 0. The van der Waals surface area contributed by atoms with E-state index in [-0.39, 0.29) is 17.0 Å². The van der Waals surface area contributed by atoms with E-state index in [9.17, 15) is 14.0 Å². The number of amides is 1. The summed E-state index contributed by atoms with van der Waals surface area (Å²) in [6.45, 7) is 7.76. The second-order valence-electron chi connectivity index (χ2n) is 7.71. The van der Waals surface area contributed by atoms with Crippen LogP contribution in [-0.2, 0) is 13.1 Å². The lowest BCUT2D eigenvalue weighted by molar-refractivity contribution is 0.0619. The minimum Gasteiger partial charge on any atom is -0.335 e. The first-order valence-corrected chi connectivity index (χ1v) is 10.2. The summed E-state index contributed by atoms with van der Waals surface area (Å²) in [6.07, 6.45) is 0. The summed E-state index contributed by atoms with van der Waals surface area (Å²) in [5.74, 6) is -0.889. The number of aryl methyl sites for hydroxylation is 2. The van der Waals surface area contributed by atoms with E-state index < -0.39 is 11.2 Å². The van der Waals surface area contributed by atoms with Gasteiger partial charge in [0, 0.05) is 39.3 Å². The number of carbonyl (C=O) groups excluding carboxylic acids is 1. The topological polar surface area (TPSA) is 58.4 Å². The Morgan fingerprint density at radius 2 is 1.77 bits per heavy atom. The van der Waals surface area contributed by atoms with E-state index in [0.717, 1.165) is 19.6 Å². The van der Waals surface area contributed by atoms with Crippen LogP contribution < -0.4 is 5.43 Å². The van der Waals surface area contributed by atoms with Gasteiger partial charge in [-0.25, -0.2) is 4.39 Å². The number of halogens is 1. The van der Waals surface area contributed by atoms with Gasteiger partial charge in [0.2, 0.25) is 5.43 Å². The predicted octanol–water partition coefficient (Wildman–Crippen LogP) is 2.82. The van der Waals surface area contributed by atoms with Crippen molar-refractivity contribution in [1.82, 2.24) is 19.6 Å². The third-order valence-electron chi connectivity index (χ3n) is 5.61. The summed E-state index contributed by atoms with van der Waals surface area (Å²) in [5, 5.41) is 4.48. The van der Waals surface area contributed by atoms with E-state index in [4.69, 9.17) is 0 Å². The fraction of sp³-hybridized carbons (Fsp3) is 0.348. The van der Waals surface area contributed by atoms with Gasteiger partial charge in [0.15, 0.2) is 5.69 Å². The maximum absolute atomic E-state index is 13.7. The molecule has 1 aromatic heterocycles. The van der Waals surface area contributed by atoms with E-state index in [2.05, 4.69) is 41.2 Å². The van der Waals surface area contributed by atoms with Crippen molar-refractivity contribution in [3.05, 3.63) is 75.3 Å². The summed E-state index contributed by atoms with van der Waals surface area (Å²) in [7, 11) is 0. The zero-order chi connectivity index (χ0) is 21.3. The number of rotatable bonds is 4. The van der Waals surface area contributed by atoms with Crippen LogP contribution in [0, 0.1) is 12.7 Å². The number of benzene rings is 2. The lowest BCUT2D eigenvalue weighted by atomic mass is 10.1. The molecule has 156 valence electrons. The molecule has 0 N–H and O–H groups in total. The molecule has 6 nitrogen and oxygen atoms in total.